The Labute approximate surface area is 178 Å². The van der Waals surface area contributed by atoms with Gasteiger partial charge < -0.3 is 9.84 Å². The van der Waals surface area contributed by atoms with E-state index in [4.69, 9.17) is 4.74 Å². The van der Waals surface area contributed by atoms with E-state index in [1.54, 1.807) is 0 Å². The molecule has 0 heterocycles. The zero-order valence-corrected chi connectivity index (χ0v) is 19.2. The zero-order chi connectivity index (χ0) is 20.4. The molecule has 0 aromatic carbocycles. The summed E-state index contributed by atoms with van der Waals surface area (Å²) in [5.41, 5.74) is 1.33. The average molecular weight is 401 g/mol. The van der Waals surface area contributed by atoms with Crippen molar-refractivity contribution in [2.45, 2.75) is 104 Å². The molecule has 5 aliphatic rings. The number of fused-ring (bicyclic) bond motifs is 7. The van der Waals surface area contributed by atoms with Gasteiger partial charge in [0.25, 0.3) is 0 Å². The summed E-state index contributed by atoms with van der Waals surface area (Å²) in [6.45, 7) is 11.8. The molecular formula is C27H44O2. The van der Waals surface area contributed by atoms with Gasteiger partial charge in [0.1, 0.15) is 0 Å². The van der Waals surface area contributed by atoms with Crippen LogP contribution in [0, 0.1) is 45.8 Å². The second kappa shape index (κ2) is 7.01. The topological polar surface area (TPSA) is 29.5 Å². The maximum Gasteiger partial charge on any atom is 0.0985 e. The van der Waals surface area contributed by atoms with Crippen molar-refractivity contribution in [2.24, 2.45) is 45.8 Å². The molecule has 0 aliphatic heterocycles. The van der Waals surface area contributed by atoms with Crippen LogP contribution in [0.25, 0.3) is 0 Å². The van der Waals surface area contributed by atoms with Gasteiger partial charge in [-0.15, -0.1) is 0 Å². The van der Waals surface area contributed by atoms with E-state index in [1.165, 1.54) is 77.0 Å². The molecule has 0 radical (unpaired) electrons. The number of hydrogen-bond donors (Lipinski definition) is 1. The van der Waals surface area contributed by atoms with Crippen LogP contribution in [0.1, 0.15) is 97.8 Å². The van der Waals surface area contributed by atoms with Gasteiger partial charge in [-0.1, -0.05) is 26.8 Å². The van der Waals surface area contributed by atoms with Gasteiger partial charge >= 0.3 is 0 Å². The molecule has 1 N–H and O–H groups in total. The largest absolute Gasteiger partial charge is 0.496 e. The fraction of sp³-hybridized carbons (Fsp3) is 0.926. The molecule has 9 unspecified atom stereocenters. The first-order valence-electron chi connectivity index (χ1n) is 12.8. The van der Waals surface area contributed by atoms with Crippen molar-refractivity contribution in [3.8, 4) is 0 Å². The molecule has 0 bridgehead atoms. The summed E-state index contributed by atoms with van der Waals surface area (Å²) in [7, 11) is 0. The third-order valence-electron chi connectivity index (χ3n) is 11.4. The lowest BCUT2D eigenvalue weighted by molar-refractivity contribution is -0.186. The van der Waals surface area contributed by atoms with Crippen molar-refractivity contribution < 1.29 is 9.84 Å². The Morgan fingerprint density at radius 3 is 2.48 bits per heavy atom. The van der Waals surface area contributed by atoms with E-state index in [1.807, 2.05) is 6.92 Å². The van der Waals surface area contributed by atoms with Crippen molar-refractivity contribution in [1.82, 2.24) is 0 Å². The lowest BCUT2D eigenvalue weighted by Crippen LogP contribution is -2.60. The summed E-state index contributed by atoms with van der Waals surface area (Å²) in [6.07, 6.45) is 16.7. The van der Waals surface area contributed by atoms with Crippen LogP contribution in [0.5, 0.6) is 0 Å². The molecular weight excluding hydrogens is 356 g/mol. The molecule has 2 heteroatoms. The highest BCUT2D eigenvalue weighted by atomic mass is 16.5. The maximum atomic E-state index is 10.3. The SMILES string of the molecule is C=C(C)OC1CCC2(C)C(CCC3(C)C4CCC5(CO)CCCC5C4CCC23)C1. The third kappa shape index (κ3) is 2.90. The van der Waals surface area contributed by atoms with Crippen LogP contribution < -0.4 is 0 Å². The Balaban J connectivity index is 1.39. The van der Waals surface area contributed by atoms with Crippen LogP contribution in [0.3, 0.4) is 0 Å². The van der Waals surface area contributed by atoms with Crippen molar-refractivity contribution >= 4 is 0 Å². The molecule has 0 aromatic heterocycles. The number of aliphatic hydroxyl groups is 1. The first-order chi connectivity index (χ1) is 13.8. The first kappa shape index (κ1) is 20.4. The summed E-state index contributed by atoms with van der Waals surface area (Å²) in [4.78, 5) is 0. The standard InChI is InChI=1S/C27H44O2/c1-18(2)29-20-10-14-25(3)19(16-20)9-13-26(4)22-11-15-27(17-28)12-5-6-23(27)21(22)7-8-24(25)26/h19-24,28H,1,5-17H2,2-4H3. The highest BCUT2D eigenvalue weighted by molar-refractivity contribution is 5.13. The minimum atomic E-state index is 0.295. The van der Waals surface area contributed by atoms with E-state index < -0.39 is 0 Å². The Morgan fingerprint density at radius 1 is 0.931 bits per heavy atom. The van der Waals surface area contributed by atoms with Crippen LogP contribution >= 0.6 is 0 Å². The molecule has 5 rings (SSSR count). The van der Waals surface area contributed by atoms with E-state index in [0.717, 1.165) is 35.3 Å². The molecule has 2 nitrogen and oxygen atoms in total. The molecule has 5 saturated carbocycles. The zero-order valence-electron chi connectivity index (χ0n) is 19.2. The highest BCUT2D eigenvalue weighted by Crippen LogP contribution is 2.71. The highest BCUT2D eigenvalue weighted by Gasteiger charge is 2.63. The number of allylic oxidation sites excluding steroid dienone is 1. The van der Waals surface area contributed by atoms with Crippen LogP contribution in [0.15, 0.2) is 12.3 Å². The van der Waals surface area contributed by atoms with Crippen molar-refractivity contribution in [2.75, 3.05) is 6.61 Å². The van der Waals surface area contributed by atoms with E-state index >= 15 is 0 Å². The summed E-state index contributed by atoms with van der Waals surface area (Å²) in [5, 5.41) is 10.3. The summed E-state index contributed by atoms with van der Waals surface area (Å²) in [5.74, 6) is 5.24. The van der Waals surface area contributed by atoms with Crippen LogP contribution in [-0.4, -0.2) is 17.8 Å². The molecule has 0 amide bonds. The van der Waals surface area contributed by atoms with Crippen LogP contribution in [0.2, 0.25) is 0 Å². The first-order valence-corrected chi connectivity index (χ1v) is 12.8. The predicted octanol–water partition coefficient (Wildman–Crippen LogP) is 6.73. The van der Waals surface area contributed by atoms with Gasteiger partial charge in [0, 0.05) is 6.61 Å². The van der Waals surface area contributed by atoms with E-state index in [0.29, 0.717) is 29.0 Å². The summed E-state index contributed by atoms with van der Waals surface area (Å²) >= 11 is 0. The van der Waals surface area contributed by atoms with Gasteiger partial charge in [-0.2, -0.15) is 0 Å². The Bertz CT molecular complexity index is 657. The quantitative estimate of drug-likeness (QED) is 0.532. The number of hydrogen-bond acceptors (Lipinski definition) is 2. The molecule has 0 aromatic rings. The minimum absolute atomic E-state index is 0.295. The van der Waals surface area contributed by atoms with Gasteiger partial charge in [0.15, 0.2) is 0 Å². The van der Waals surface area contributed by atoms with Gasteiger partial charge in [0.05, 0.1) is 11.9 Å². The summed E-state index contributed by atoms with van der Waals surface area (Å²) < 4.78 is 6.08. The normalized spacial score (nSPS) is 53.9. The maximum absolute atomic E-state index is 10.3. The van der Waals surface area contributed by atoms with Gasteiger partial charge in [-0.05, 0) is 123 Å². The van der Waals surface area contributed by atoms with Gasteiger partial charge in [-0.25, -0.2) is 0 Å². The van der Waals surface area contributed by atoms with E-state index in [2.05, 4.69) is 20.4 Å². The molecule has 29 heavy (non-hydrogen) atoms. The Morgan fingerprint density at radius 2 is 1.72 bits per heavy atom. The van der Waals surface area contributed by atoms with Crippen LogP contribution in [0.4, 0.5) is 0 Å². The molecule has 0 saturated heterocycles. The van der Waals surface area contributed by atoms with Crippen molar-refractivity contribution in [1.29, 1.82) is 0 Å². The monoisotopic (exact) mass is 400 g/mol. The van der Waals surface area contributed by atoms with Crippen molar-refractivity contribution in [3.05, 3.63) is 12.3 Å². The van der Waals surface area contributed by atoms with Crippen LogP contribution in [-0.2, 0) is 4.74 Å². The number of ether oxygens (including phenoxy) is 1. The molecule has 5 fully saturated rings. The smallest absolute Gasteiger partial charge is 0.0985 e. The second-order valence-corrected chi connectivity index (χ2v) is 12.4. The van der Waals surface area contributed by atoms with Crippen molar-refractivity contribution in [3.63, 3.8) is 0 Å². The predicted molar refractivity (Wildman–Crippen MR) is 118 cm³/mol. The number of rotatable bonds is 3. The second-order valence-electron chi connectivity index (χ2n) is 12.4. The third-order valence-corrected chi connectivity index (χ3v) is 11.4. The minimum Gasteiger partial charge on any atom is -0.496 e. The van der Waals surface area contributed by atoms with E-state index in [9.17, 15) is 5.11 Å². The number of aliphatic hydroxyl groups excluding tert-OH is 1. The lowest BCUT2D eigenvalue weighted by atomic mass is 9.38. The Hall–Kier alpha value is -0.500. The fourth-order valence-electron chi connectivity index (χ4n) is 10.1. The summed E-state index contributed by atoms with van der Waals surface area (Å²) in [6, 6.07) is 0. The Kier molecular flexibility index (Phi) is 4.93. The van der Waals surface area contributed by atoms with Gasteiger partial charge in [-0.3, -0.25) is 0 Å². The molecule has 5 aliphatic carbocycles. The molecule has 9 atom stereocenters. The lowest BCUT2D eigenvalue weighted by Gasteiger charge is -2.67. The van der Waals surface area contributed by atoms with E-state index in [-0.39, 0.29) is 0 Å². The van der Waals surface area contributed by atoms with Gasteiger partial charge in [0.2, 0.25) is 0 Å². The molecule has 164 valence electrons. The molecule has 0 spiro atoms. The fourth-order valence-corrected chi connectivity index (χ4v) is 10.1. The average Bonchev–Trinajstić information content (AvgIpc) is 3.13.